The summed E-state index contributed by atoms with van der Waals surface area (Å²) in [6.07, 6.45) is 5.36. The maximum atomic E-state index is 13.1. The van der Waals surface area contributed by atoms with Gasteiger partial charge in [-0.2, -0.15) is 0 Å². The lowest BCUT2D eigenvalue weighted by molar-refractivity contribution is 0.402. The Morgan fingerprint density at radius 1 is 1.24 bits per heavy atom. The van der Waals surface area contributed by atoms with E-state index in [-0.39, 0.29) is 5.82 Å². The Labute approximate surface area is 123 Å². The van der Waals surface area contributed by atoms with Crippen molar-refractivity contribution in [3.63, 3.8) is 0 Å². The Morgan fingerprint density at radius 2 is 2.00 bits per heavy atom. The van der Waals surface area contributed by atoms with Crippen molar-refractivity contribution in [3.8, 4) is 11.3 Å². The van der Waals surface area contributed by atoms with Gasteiger partial charge < -0.3 is 11.1 Å². The lowest BCUT2D eigenvalue weighted by atomic mass is 9.85. The van der Waals surface area contributed by atoms with Crippen molar-refractivity contribution in [1.29, 1.82) is 0 Å². The number of halogens is 1. The average Bonchev–Trinajstić information content (AvgIpc) is 2.45. The Hall–Kier alpha value is -2.01. The maximum Gasteiger partial charge on any atom is 0.132 e. The van der Waals surface area contributed by atoms with Crippen molar-refractivity contribution >= 4 is 5.69 Å². The Morgan fingerprint density at radius 3 is 2.62 bits per heavy atom. The monoisotopic (exact) mass is 286 g/mol. The highest BCUT2D eigenvalue weighted by molar-refractivity contribution is 5.73. The molecule has 0 saturated heterocycles. The second kappa shape index (κ2) is 6.18. The number of nitrogens with two attached hydrogens (primary N) is 1. The summed E-state index contributed by atoms with van der Waals surface area (Å²) in [5.41, 5.74) is 8.09. The van der Waals surface area contributed by atoms with Gasteiger partial charge in [0.1, 0.15) is 11.6 Å². The summed E-state index contributed by atoms with van der Waals surface area (Å²) in [5.74, 6) is 1.11. The van der Waals surface area contributed by atoms with Crippen LogP contribution in [0.3, 0.4) is 0 Å². The zero-order valence-corrected chi connectivity index (χ0v) is 11.8. The van der Waals surface area contributed by atoms with Crippen molar-refractivity contribution in [3.05, 3.63) is 42.1 Å². The van der Waals surface area contributed by atoms with Crippen LogP contribution in [0.5, 0.6) is 0 Å². The zero-order valence-electron chi connectivity index (χ0n) is 11.8. The summed E-state index contributed by atoms with van der Waals surface area (Å²) >= 11 is 0. The summed E-state index contributed by atoms with van der Waals surface area (Å²) in [4.78, 5) is 9.18. The predicted octanol–water partition coefficient (Wildman–Crippen LogP) is 2.92. The molecule has 21 heavy (non-hydrogen) atoms. The Balaban J connectivity index is 1.97. The van der Waals surface area contributed by atoms with Crippen LogP contribution in [0.1, 0.15) is 31.0 Å². The van der Waals surface area contributed by atoms with Crippen LogP contribution in [0.2, 0.25) is 0 Å². The number of hydrogen-bond acceptors (Lipinski definition) is 4. The van der Waals surface area contributed by atoms with Crippen LogP contribution in [0, 0.1) is 5.82 Å². The number of aromatic nitrogens is 2. The van der Waals surface area contributed by atoms with Gasteiger partial charge >= 0.3 is 0 Å². The van der Waals surface area contributed by atoms with Crippen molar-refractivity contribution in [2.24, 2.45) is 5.73 Å². The van der Waals surface area contributed by atoms with Gasteiger partial charge in [0.05, 0.1) is 17.6 Å². The third kappa shape index (κ3) is 3.03. The van der Waals surface area contributed by atoms with E-state index in [2.05, 4.69) is 10.3 Å². The molecule has 0 atom stereocenters. The minimum Gasteiger partial charge on any atom is -0.381 e. The molecule has 1 aromatic carbocycles. The van der Waals surface area contributed by atoms with E-state index in [9.17, 15) is 4.39 Å². The topological polar surface area (TPSA) is 63.8 Å². The molecule has 1 saturated carbocycles. The number of anilines is 1. The van der Waals surface area contributed by atoms with Gasteiger partial charge in [0.2, 0.25) is 0 Å². The lowest BCUT2D eigenvalue weighted by Gasteiger charge is -2.24. The van der Waals surface area contributed by atoms with E-state index in [1.54, 1.807) is 12.1 Å². The smallest absolute Gasteiger partial charge is 0.132 e. The molecular formula is C16H19FN4. The minimum absolute atomic E-state index is 0.247. The van der Waals surface area contributed by atoms with Gasteiger partial charge in [0.25, 0.3) is 0 Å². The van der Waals surface area contributed by atoms with Crippen molar-refractivity contribution in [1.82, 2.24) is 9.97 Å². The van der Waals surface area contributed by atoms with E-state index in [0.29, 0.717) is 19.0 Å². The molecule has 0 aliphatic heterocycles. The van der Waals surface area contributed by atoms with Gasteiger partial charge in [-0.3, -0.25) is 0 Å². The Kier molecular flexibility index (Phi) is 4.10. The normalized spacial score (nSPS) is 14.8. The van der Waals surface area contributed by atoms with Crippen LogP contribution in [0.15, 0.2) is 30.5 Å². The molecule has 5 heteroatoms. The van der Waals surface area contributed by atoms with Crippen LogP contribution < -0.4 is 11.1 Å². The molecule has 1 heterocycles. The first kappa shape index (κ1) is 13.9. The van der Waals surface area contributed by atoms with Gasteiger partial charge in [0, 0.05) is 24.6 Å². The number of benzene rings is 1. The first-order valence-electron chi connectivity index (χ1n) is 7.35. The zero-order chi connectivity index (χ0) is 14.7. The van der Waals surface area contributed by atoms with Crippen molar-refractivity contribution in [2.45, 2.75) is 25.2 Å². The summed E-state index contributed by atoms with van der Waals surface area (Å²) in [6, 6.07) is 6.39. The molecule has 1 aromatic heterocycles. The second-order valence-corrected chi connectivity index (χ2v) is 5.34. The average molecular weight is 286 g/mol. The van der Waals surface area contributed by atoms with Gasteiger partial charge in [0.15, 0.2) is 0 Å². The molecule has 1 aliphatic rings. The quantitative estimate of drug-likeness (QED) is 0.887. The minimum atomic E-state index is -0.247. The van der Waals surface area contributed by atoms with Crippen LogP contribution in [-0.4, -0.2) is 23.1 Å². The number of nitrogens with one attached hydrogen (secondary N) is 1. The van der Waals surface area contributed by atoms with E-state index in [1.807, 2.05) is 6.20 Å². The fourth-order valence-electron chi connectivity index (χ4n) is 2.42. The SMILES string of the molecule is NCCNc1cnc(C2CCC2)nc1-c1ccc(F)cc1. The third-order valence-corrected chi connectivity index (χ3v) is 3.86. The van der Waals surface area contributed by atoms with E-state index >= 15 is 0 Å². The fraction of sp³-hybridized carbons (Fsp3) is 0.375. The lowest BCUT2D eigenvalue weighted by Crippen LogP contribution is -2.16. The molecule has 4 nitrogen and oxygen atoms in total. The number of nitrogens with zero attached hydrogens (tertiary/aromatic N) is 2. The number of rotatable bonds is 5. The molecule has 2 aromatic rings. The molecule has 1 aliphatic carbocycles. The second-order valence-electron chi connectivity index (χ2n) is 5.34. The van der Waals surface area contributed by atoms with E-state index in [0.717, 1.165) is 35.6 Å². The van der Waals surface area contributed by atoms with Crippen molar-refractivity contribution in [2.75, 3.05) is 18.4 Å². The molecule has 0 amide bonds. The molecule has 1 fully saturated rings. The van der Waals surface area contributed by atoms with Crippen LogP contribution in [-0.2, 0) is 0 Å². The first-order valence-corrected chi connectivity index (χ1v) is 7.35. The van der Waals surface area contributed by atoms with Gasteiger partial charge in [-0.15, -0.1) is 0 Å². The molecule has 3 N–H and O–H groups in total. The molecule has 0 unspecified atom stereocenters. The van der Waals surface area contributed by atoms with Gasteiger partial charge in [-0.05, 0) is 37.1 Å². The predicted molar refractivity (Wildman–Crippen MR) is 81.6 cm³/mol. The summed E-state index contributed by atoms with van der Waals surface area (Å²) in [5, 5.41) is 3.23. The van der Waals surface area contributed by atoms with E-state index < -0.39 is 0 Å². The highest BCUT2D eigenvalue weighted by Crippen LogP contribution is 2.36. The molecule has 3 rings (SSSR count). The third-order valence-electron chi connectivity index (χ3n) is 3.86. The van der Waals surface area contributed by atoms with Crippen molar-refractivity contribution < 1.29 is 4.39 Å². The van der Waals surface area contributed by atoms with Crippen LogP contribution >= 0.6 is 0 Å². The Bertz CT molecular complexity index is 608. The highest BCUT2D eigenvalue weighted by Gasteiger charge is 2.23. The molecule has 0 spiro atoms. The van der Waals surface area contributed by atoms with Crippen LogP contribution in [0.25, 0.3) is 11.3 Å². The molecule has 0 bridgehead atoms. The first-order chi connectivity index (χ1) is 10.3. The summed E-state index contributed by atoms with van der Waals surface area (Å²) in [7, 11) is 0. The van der Waals surface area contributed by atoms with E-state index in [1.165, 1.54) is 18.6 Å². The molecule has 0 radical (unpaired) electrons. The maximum absolute atomic E-state index is 13.1. The number of hydrogen-bond donors (Lipinski definition) is 2. The summed E-state index contributed by atoms with van der Waals surface area (Å²) < 4.78 is 13.1. The molecule has 110 valence electrons. The summed E-state index contributed by atoms with van der Waals surface area (Å²) in [6.45, 7) is 1.19. The van der Waals surface area contributed by atoms with Gasteiger partial charge in [-0.1, -0.05) is 6.42 Å². The highest BCUT2D eigenvalue weighted by atomic mass is 19.1. The van der Waals surface area contributed by atoms with Crippen LogP contribution in [0.4, 0.5) is 10.1 Å². The fourth-order valence-corrected chi connectivity index (χ4v) is 2.42. The standard InChI is InChI=1S/C16H19FN4/c17-13-6-4-11(5-7-13)15-14(19-9-8-18)10-20-16(21-15)12-2-1-3-12/h4-7,10,12,19H,1-3,8-9,18H2. The largest absolute Gasteiger partial charge is 0.381 e. The van der Waals surface area contributed by atoms with E-state index in [4.69, 9.17) is 10.7 Å². The van der Waals surface area contributed by atoms with Gasteiger partial charge in [-0.25, -0.2) is 14.4 Å². The molecular weight excluding hydrogens is 267 g/mol.